The lowest BCUT2D eigenvalue weighted by Gasteiger charge is -2.25. The monoisotopic (exact) mass is 242 g/mol. The smallest absolute Gasteiger partial charge is 0.0656 e. The minimum Gasteiger partial charge on any atom is -0.309 e. The van der Waals surface area contributed by atoms with Gasteiger partial charge in [0.15, 0.2) is 0 Å². The van der Waals surface area contributed by atoms with Crippen LogP contribution in [-0.2, 0) is 0 Å². The summed E-state index contributed by atoms with van der Waals surface area (Å²) in [5.41, 5.74) is 0. The summed E-state index contributed by atoms with van der Waals surface area (Å²) in [6.07, 6.45) is 4.43. The van der Waals surface area contributed by atoms with Crippen molar-refractivity contribution in [1.82, 2.24) is 5.32 Å². The quantitative estimate of drug-likeness (QED) is 0.826. The molecule has 2 unspecified atom stereocenters. The van der Waals surface area contributed by atoms with E-state index in [9.17, 15) is 0 Å². The van der Waals surface area contributed by atoms with Gasteiger partial charge in [-0.15, -0.1) is 0 Å². The van der Waals surface area contributed by atoms with E-state index in [4.69, 9.17) is 5.26 Å². The number of nitrogens with one attached hydrogen (secondary N) is 1. The molecule has 0 amide bonds. The number of nitriles is 1. The standard InChI is InChI=1S/C10H15BrN2/c1-8(11)7-13-10-4-2-3-9(5-10)6-12/h9-10,13H,1-5,7H2. The Hall–Kier alpha value is -0.330. The molecule has 72 valence electrons. The van der Waals surface area contributed by atoms with Gasteiger partial charge in [0.1, 0.15) is 0 Å². The minimum absolute atomic E-state index is 0.259. The summed E-state index contributed by atoms with van der Waals surface area (Å²) in [5.74, 6) is 0.259. The van der Waals surface area contributed by atoms with Gasteiger partial charge in [-0.1, -0.05) is 28.9 Å². The van der Waals surface area contributed by atoms with Gasteiger partial charge in [-0.25, -0.2) is 0 Å². The number of hydrogen-bond donors (Lipinski definition) is 1. The molecular formula is C10H15BrN2. The van der Waals surface area contributed by atoms with Crippen molar-refractivity contribution in [3.63, 3.8) is 0 Å². The van der Waals surface area contributed by atoms with E-state index in [1.54, 1.807) is 0 Å². The molecule has 1 rings (SSSR count). The van der Waals surface area contributed by atoms with E-state index in [2.05, 4.69) is 33.9 Å². The Morgan fingerprint density at radius 2 is 2.38 bits per heavy atom. The van der Waals surface area contributed by atoms with Gasteiger partial charge in [0.2, 0.25) is 0 Å². The maximum atomic E-state index is 8.78. The summed E-state index contributed by atoms with van der Waals surface area (Å²) in [4.78, 5) is 0. The lowest BCUT2D eigenvalue weighted by Crippen LogP contribution is -2.34. The van der Waals surface area contributed by atoms with Crippen LogP contribution in [0.15, 0.2) is 11.1 Å². The van der Waals surface area contributed by atoms with E-state index < -0.39 is 0 Å². The van der Waals surface area contributed by atoms with E-state index in [1.807, 2.05) is 0 Å². The van der Waals surface area contributed by atoms with Gasteiger partial charge in [0, 0.05) is 23.0 Å². The first-order valence-corrected chi connectivity index (χ1v) is 5.48. The zero-order valence-corrected chi connectivity index (χ0v) is 9.31. The van der Waals surface area contributed by atoms with Gasteiger partial charge in [-0.3, -0.25) is 0 Å². The van der Waals surface area contributed by atoms with E-state index in [-0.39, 0.29) is 5.92 Å². The zero-order valence-electron chi connectivity index (χ0n) is 7.72. The molecule has 1 saturated carbocycles. The third-order valence-corrected chi connectivity index (χ3v) is 2.72. The number of rotatable bonds is 3. The number of nitrogens with zero attached hydrogens (tertiary/aromatic N) is 1. The Morgan fingerprint density at radius 3 is 3.00 bits per heavy atom. The number of hydrogen-bond acceptors (Lipinski definition) is 2. The van der Waals surface area contributed by atoms with E-state index in [1.165, 1.54) is 12.8 Å². The van der Waals surface area contributed by atoms with Gasteiger partial charge >= 0.3 is 0 Å². The number of halogens is 1. The van der Waals surface area contributed by atoms with Gasteiger partial charge in [-0.2, -0.15) is 5.26 Å². The van der Waals surface area contributed by atoms with Crippen LogP contribution in [0.2, 0.25) is 0 Å². The lowest BCUT2D eigenvalue weighted by molar-refractivity contribution is 0.336. The zero-order chi connectivity index (χ0) is 9.68. The van der Waals surface area contributed by atoms with Crippen molar-refractivity contribution in [3.8, 4) is 6.07 Å². The molecule has 0 spiro atoms. The van der Waals surface area contributed by atoms with Crippen molar-refractivity contribution in [2.75, 3.05) is 6.54 Å². The van der Waals surface area contributed by atoms with Gasteiger partial charge < -0.3 is 5.32 Å². The molecule has 2 atom stereocenters. The van der Waals surface area contributed by atoms with Crippen LogP contribution in [0.3, 0.4) is 0 Å². The summed E-state index contributed by atoms with van der Waals surface area (Å²) in [5, 5.41) is 12.2. The van der Waals surface area contributed by atoms with Crippen LogP contribution in [0.25, 0.3) is 0 Å². The van der Waals surface area contributed by atoms with Crippen LogP contribution < -0.4 is 5.32 Å². The van der Waals surface area contributed by atoms with Crippen LogP contribution in [0, 0.1) is 17.2 Å². The maximum Gasteiger partial charge on any atom is 0.0656 e. The van der Waals surface area contributed by atoms with Crippen molar-refractivity contribution >= 4 is 15.9 Å². The highest BCUT2D eigenvalue weighted by Crippen LogP contribution is 2.23. The SMILES string of the molecule is C=C(Br)CNC1CCCC(C#N)C1. The molecule has 1 aliphatic rings. The predicted octanol–water partition coefficient (Wildman–Crippen LogP) is 2.57. The molecular weight excluding hydrogens is 228 g/mol. The molecule has 0 radical (unpaired) electrons. The lowest BCUT2D eigenvalue weighted by atomic mass is 9.87. The maximum absolute atomic E-state index is 8.78. The fraction of sp³-hybridized carbons (Fsp3) is 0.700. The van der Waals surface area contributed by atoms with Crippen molar-refractivity contribution in [3.05, 3.63) is 11.1 Å². The molecule has 2 nitrogen and oxygen atoms in total. The Kier molecular flexibility index (Phi) is 4.47. The van der Waals surface area contributed by atoms with Crippen LogP contribution in [0.1, 0.15) is 25.7 Å². The topological polar surface area (TPSA) is 35.8 Å². The second-order valence-corrected chi connectivity index (χ2v) is 4.71. The van der Waals surface area contributed by atoms with Crippen molar-refractivity contribution in [1.29, 1.82) is 5.26 Å². The van der Waals surface area contributed by atoms with Gasteiger partial charge in [-0.05, 0) is 19.3 Å². The molecule has 1 aliphatic carbocycles. The largest absolute Gasteiger partial charge is 0.309 e. The Balaban J connectivity index is 2.27. The van der Waals surface area contributed by atoms with E-state index in [0.29, 0.717) is 6.04 Å². The fourth-order valence-corrected chi connectivity index (χ4v) is 1.91. The third kappa shape index (κ3) is 3.93. The molecule has 0 aromatic carbocycles. The summed E-state index contributed by atoms with van der Waals surface area (Å²) in [7, 11) is 0. The fourth-order valence-electron chi connectivity index (χ4n) is 1.75. The first kappa shape index (κ1) is 10.7. The van der Waals surface area contributed by atoms with E-state index >= 15 is 0 Å². The Morgan fingerprint density at radius 1 is 1.62 bits per heavy atom. The summed E-state index contributed by atoms with van der Waals surface area (Å²) in [6.45, 7) is 4.58. The summed E-state index contributed by atoms with van der Waals surface area (Å²) >= 11 is 3.31. The summed E-state index contributed by atoms with van der Waals surface area (Å²) < 4.78 is 0.978. The molecule has 0 aromatic heterocycles. The van der Waals surface area contributed by atoms with E-state index in [0.717, 1.165) is 23.9 Å². The van der Waals surface area contributed by atoms with Crippen LogP contribution >= 0.6 is 15.9 Å². The molecule has 13 heavy (non-hydrogen) atoms. The normalized spacial score (nSPS) is 28.0. The Bertz CT molecular complexity index is 219. The predicted molar refractivity (Wildman–Crippen MR) is 57.4 cm³/mol. The minimum atomic E-state index is 0.259. The molecule has 0 aliphatic heterocycles. The highest BCUT2D eigenvalue weighted by Gasteiger charge is 2.20. The average molecular weight is 243 g/mol. The Labute approximate surface area is 88.1 Å². The van der Waals surface area contributed by atoms with Crippen LogP contribution in [0.4, 0.5) is 0 Å². The highest BCUT2D eigenvalue weighted by atomic mass is 79.9. The molecule has 0 aromatic rings. The molecule has 3 heteroatoms. The van der Waals surface area contributed by atoms with Gasteiger partial charge in [0.25, 0.3) is 0 Å². The summed E-state index contributed by atoms with van der Waals surface area (Å²) in [6, 6.07) is 2.85. The van der Waals surface area contributed by atoms with Crippen LogP contribution in [0.5, 0.6) is 0 Å². The first-order chi connectivity index (χ1) is 6.22. The molecule has 0 saturated heterocycles. The molecule has 0 heterocycles. The van der Waals surface area contributed by atoms with Crippen molar-refractivity contribution in [2.45, 2.75) is 31.7 Å². The molecule has 1 N–H and O–H groups in total. The third-order valence-electron chi connectivity index (χ3n) is 2.44. The molecule has 0 bridgehead atoms. The first-order valence-electron chi connectivity index (χ1n) is 4.68. The van der Waals surface area contributed by atoms with Crippen LogP contribution in [-0.4, -0.2) is 12.6 Å². The molecule has 1 fully saturated rings. The second kappa shape index (κ2) is 5.41. The second-order valence-electron chi connectivity index (χ2n) is 3.59. The highest BCUT2D eigenvalue weighted by molar-refractivity contribution is 9.11. The van der Waals surface area contributed by atoms with Crippen molar-refractivity contribution < 1.29 is 0 Å². The average Bonchev–Trinajstić information content (AvgIpc) is 2.15. The van der Waals surface area contributed by atoms with Crippen molar-refractivity contribution in [2.24, 2.45) is 5.92 Å². The van der Waals surface area contributed by atoms with Gasteiger partial charge in [0.05, 0.1) is 6.07 Å².